The molecule has 1 saturated heterocycles. The van der Waals surface area contributed by atoms with Gasteiger partial charge in [0.1, 0.15) is 18.1 Å². The van der Waals surface area contributed by atoms with Crippen molar-refractivity contribution in [3.8, 4) is 11.5 Å². The number of hydrogen-bond acceptors (Lipinski definition) is 4. The number of hydrogen-bond donors (Lipinski definition) is 1. The zero-order chi connectivity index (χ0) is 20.5. The van der Waals surface area contributed by atoms with Crippen LogP contribution in [0.5, 0.6) is 11.5 Å². The zero-order valence-electron chi connectivity index (χ0n) is 18.0. The van der Waals surface area contributed by atoms with Gasteiger partial charge in [-0.1, -0.05) is 24.3 Å². The number of likely N-dealkylation sites (tertiary alicyclic amines) is 1. The fourth-order valence-electron chi connectivity index (χ4n) is 3.60. The molecule has 1 unspecified atom stereocenters. The third-order valence-corrected chi connectivity index (χ3v) is 5.19. The van der Waals surface area contributed by atoms with Crippen molar-refractivity contribution in [1.29, 1.82) is 0 Å². The molecule has 30 heavy (non-hydrogen) atoms. The Morgan fingerprint density at radius 2 is 1.90 bits per heavy atom. The summed E-state index contributed by atoms with van der Waals surface area (Å²) in [5.41, 5.74) is 2.51. The lowest BCUT2D eigenvalue weighted by Gasteiger charge is -2.22. The summed E-state index contributed by atoms with van der Waals surface area (Å²) in [4.78, 5) is 6.81. The molecule has 7 heteroatoms. The van der Waals surface area contributed by atoms with E-state index in [0.29, 0.717) is 25.7 Å². The summed E-state index contributed by atoms with van der Waals surface area (Å²) in [6.07, 6.45) is 1.12. The fraction of sp³-hybridized carbons (Fsp3) is 0.435. The van der Waals surface area contributed by atoms with Crippen LogP contribution < -0.4 is 14.8 Å². The SMILES string of the molecule is CN=C(NCc1cccc(OCCOC)c1)N1CCC(c2ccc(OC)cc2)C1.I. The molecule has 1 aliphatic heterocycles. The third kappa shape index (κ3) is 6.77. The van der Waals surface area contributed by atoms with Gasteiger partial charge in [-0.15, -0.1) is 24.0 Å². The molecule has 1 fully saturated rings. The van der Waals surface area contributed by atoms with E-state index in [0.717, 1.165) is 42.5 Å². The van der Waals surface area contributed by atoms with Crippen LogP contribution >= 0.6 is 24.0 Å². The molecule has 2 aromatic rings. The highest BCUT2D eigenvalue weighted by Crippen LogP contribution is 2.28. The number of halogens is 1. The average molecular weight is 525 g/mol. The first-order valence-corrected chi connectivity index (χ1v) is 10.0. The smallest absolute Gasteiger partial charge is 0.193 e. The van der Waals surface area contributed by atoms with E-state index in [-0.39, 0.29) is 24.0 Å². The Hall–Kier alpha value is -2.00. The summed E-state index contributed by atoms with van der Waals surface area (Å²) in [6, 6.07) is 16.5. The molecule has 6 nitrogen and oxygen atoms in total. The number of guanidine groups is 1. The van der Waals surface area contributed by atoms with Crippen LogP contribution in [0.25, 0.3) is 0 Å². The van der Waals surface area contributed by atoms with Crippen molar-refractivity contribution in [3.05, 3.63) is 59.7 Å². The van der Waals surface area contributed by atoms with E-state index in [2.05, 4.69) is 39.5 Å². The van der Waals surface area contributed by atoms with Gasteiger partial charge < -0.3 is 24.4 Å². The van der Waals surface area contributed by atoms with Crippen molar-refractivity contribution < 1.29 is 14.2 Å². The first kappa shape index (κ1) is 24.3. The van der Waals surface area contributed by atoms with E-state index in [9.17, 15) is 0 Å². The summed E-state index contributed by atoms with van der Waals surface area (Å²) < 4.78 is 16.0. The quantitative estimate of drug-likeness (QED) is 0.245. The van der Waals surface area contributed by atoms with Crippen molar-refractivity contribution in [3.63, 3.8) is 0 Å². The van der Waals surface area contributed by atoms with Gasteiger partial charge in [0, 0.05) is 39.7 Å². The van der Waals surface area contributed by atoms with E-state index in [1.165, 1.54) is 5.56 Å². The number of aliphatic imine (C=N–C) groups is 1. The molecule has 164 valence electrons. The topological polar surface area (TPSA) is 55.3 Å². The van der Waals surface area contributed by atoms with Crippen molar-refractivity contribution in [1.82, 2.24) is 10.2 Å². The highest BCUT2D eigenvalue weighted by molar-refractivity contribution is 14.0. The molecule has 0 bridgehead atoms. The van der Waals surface area contributed by atoms with Crippen LogP contribution in [-0.2, 0) is 11.3 Å². The summed E-state index contributed by atoms with van der Waals surface area (Å²) in [5.74, 6) is 3.20. The van der Waals surface area contributed by atoms with E-state index in [4.69, 9.17) is 14.2 Å². The van der Waals surface area contributed by atoms with Crippen LogP contribution in [0.3, 0.4) is 0 Å². The van der Waals surface area contributed by atoms with Gasteiger partial charge in [0.2, 0.25) is 0 Å². The van der Waals surface area contributed by atoms with Gasteiger partial charge in [0.15, 0.2) is 5.96 Å². The van der Waals surface area contributed by atoms with Crippen LogP contribution in [0.4, 0.5) is 0 Å². The lowest BCUT2D eigenvalue weighted by Crippen LogP contribution is -2.39. The van der Waals surface area contributed by atoms with Gasteiger partial charge in [-0.3, -0.25) is 4.99 Å². The van der Waals surface area contributed by atoms with Gasteiger partial charge in [-0.2, -0.15) is 0 Å². The predicted molar refractivity (Wildman–Crippen MR) is 131 cm³/mol. The molecule has 0 amide bonds. The Balaban J connectivity index is 0.00000320. The molecule has 2 aromatic carbocycles. The first-order chi connectivity index (χ1) is 14.2. The Morgan fingerprint density at radius 1 is 1.10 bits per heavy atom. The third-order valence-electron chi connectivity index (χ3n) is 5.19. The fourth-order valence-corrected chi connectivity index (χ4v) is 3.60. The predicted octanol–water partition coefficient (Wildman–Crippen LogP) is 3.90. The first-order valence-electron chi connectivity index (χ1n) is 10.0. The van der Waals surface area contributed by atoms with Gasteiger partial charge in [-0.25, -0.2) is 0 Å². The number of ether oxygens (including phenoxy) is 3. The maximum absolute atomic E-state index is 5.70. The number of nitrogens with one attached hydrogen (secondary N) is 1. The number of rotatable bonds is 8. The minimum absolute atomic E-state index is 0. The van der Waals surface area contributed by atoms with Crippen LogP contribution in [0.1, 0.15) is 23.5 Å². The second kappa shape index (κ2) is 12.6. The highest BCUT2D eigenvalue weighted by Gasteiger charge is 2.26. The maximum atomic E-state index is 5.70. The van der Waals surface area contributed by atoms with Crippen LogP contribution in [0.15, 0.2) is 53.5 Å². The monoisotopic (exact) mass is 525 g/mol. The van der Waals surface area contributed by atoms with Gasteiger partial charge in [0.25, 0.3) is 0 Å². The molecule has 0 spiro atoms. The summed E-state index contributed by atoms with van der Waals surface area (Å²) in [5, 5.41) is 3.49. The van der Waals surface area contributed by atoms with E-state index in [1.807, 2.05) is 31.3 Å². The summed E-state index contributed by atoms with van der Waals surface area (Å²) in [6.45, 7) is 3.80. The highest BCUT2D eigenvalue weighted by atomic mass is 127. The van der Waals surface area contributed by atoms with E-state index >= 15 is 0 Å². The molecule has 0 aromatic heterocycles. The van der Waals surface area contributed by atoms with Crippen molar-refractivity contribution in [2.24, 2.45) is 4.99 Å². The Kier molecular flexibility index (Phi) is 10.2. The lowest BCUT2D eigenvalue weighted by molar-refractivity contribution is 0.146. The largest absolute Gasteiger partial charge is 0.497 e. The molecule has 0 aliphatic carbocycles. The minimum atomic E-state index is 0. The number of nitrogens with zero attached hydrogens (tertiary/aromatic N) is 2. The van der Waals surface area contributed by atoms with Crippen LogP contribution in [-0.4, -0.2) is 58.4 Å². The average Bonchev–Trinajstić information content (AvgIpc) is 3.25. The van der Waals surface area contributed by atoms with Gasteiger partial charge >= 0.3 is 0 Å². The van der Waals surface area contributed by atoms with Crippen molar-refractivity contribution >= 4 is 29.9 Å². The van der Waals surface area contributed by atoms with Gasteiger partial charge in [0.05, 0.1) is 13.7 Å². The van der Waals surface area contributed by atoms with Gasteiger partial charge in [-0.05, 0) is 41.8 Å². The van der Waals surface area contributed by atoms with Crippen LogP contribution in [0, 0.1) is 0 Å². The van der Waals surface area contributed by atoms with Crippen LogP contribution in [0.2, 0.25) is 0 Å². The molecule has 1 atom stereocenters. The molecular formula is C23H32IN3O3. The van der Waals surface area contributed by atoms with Crippen molar-refractivity contribution in [2.45, 2.75) is 18.9 Å². The normalized spacial score (nSPS) is 16.2. The lowest BCUT2D eigenvalue weighted by atomic mass is 9.98. The summed E-state index contributed by atoms with van der Waals surface area (Å²) in [7, 11) is 5.21. The molecule has 3 rings (SSSR count). The molecule has 1 N–H and O–H groups in total. The second-order valence-corrected chi connectivity index (χ2v) is 7.09. The molecule has 1 heterocycles. The van der Waals surface area contributed by atoms with E-state index in [1.54, 1.807) is 14.2 Å². The Bertz CT molecular complexity index is 799. The number of benzene rings is 2. The standard InChI is InChI=1S/C23H31N3O3.HI/c1-24-23(25-16-18-5-4-6-22(15-18)29-14-13-27-2)26-12-11-20(17-26)19-7-9-21(28-3)10-8-19;/h4-10,15,20H,11-14,16-17H2,1-3H3,(H,24,25);1H. The minimum Gasteiger partial charge on any atom is -0.497 e. The number of methoxy groups -OCH3 is 2. The Morgan fingerprint density at radius 3 is 2.60 bits per heavy atom. The molecule has 0 radical (unpaired) electrons. The molecule has 0 saturated carbocycles. The Labute approximate surface area is 196 Å². The molecular weight excluding hydrogens is 493 g/mol. The van der Waals surface area contributed by atoms with Crippen molar-refractivity contribution in [2.75, 3.05) is 47.6 Å². The van der Waals surface area contributed by atoms with E-state index < -0.39 is 0 Å². The summed E-state index contributed by atoms with van der Waals surface area (Å²) >= 11 is 0. The molecule has 1 aliphatic rings. The maximum Gasteiger partial charge on any atom is 0.193 e. The zero-order valence-corrected chi connectivity index (χ0v) is 20.3. The second-order valence-electron chi connectivity index (χ2n) is 7.09.